The minimum absolute atomic E-state index is 0.0768. The average molecular weight is 531 g/mol. The Labute approximate surface area is 229 Å². The number of carbonyl (C=O) groups excluding carboxylic acids is 1. The number of amides is 1. The number of carbonyl (C=O) groups is 1. The van der Waals surface area contributed by atoms with Crippen LogP contribution in [0.4, 0.5) is 4.79 Å². The van der Waals surface area contributed by atoms with Crippen LogP contribution >= 0.6 is 0 Å². The van der Waals surface area contributed by atoms with Crippen LogP contribution in [0.5, 0.6) is 0 Å². The highest BCUT2D eigenvalue weighted by atomic mass is 16.6. The molecular weight excluding hydrogens is 492 g/mol. The number of aromatic nitrogens is 2. The van der Waals surface area contributed by atoms with Gasteiger partial charge in [-0.1, -0.05) is 48.5 Å². The molecule has 39 heavy (non-hydrogen) atoms. The number of hydrogen-bond acceptors (Lipinski definition) is 5. The Balaban J connectivity index is 1.09. The molecule has 206 valence electrons. The van der Waals surface area contributed by atoms with Crippen LogP contribution in [0.1, 0.15) is 37.3 Å². The largest absolute Gasteiger partial charge is 0.497 e. The lowest BCUT2D eigenvalue weighted by atomic mass is 9.99. The quantitative estimate of drug-likeness (QED) is 0.369. The van der Waals surface area contributed by atoms with Crippen LogP contribution in [0.2, 0.25) is 0 Å². The van der Waals surface area contributed by atoms with E-state index in [0.717, 1.165) is 62.1 Å². The molecule has 1 amide bonds. The van der Waals surface area contributed by atoms with Gasteiger partial charge in [0, 0.05) is 38.8 Å². The monoisotopic (exact) mass is 530 g/mol. The average Bonchev–Trinajstić information content (AvgIpc) is 3.31. The molecular formula is C31H38N4O4. The third kappa shape index (κ3) is 6.81. The molecule has 1 atom stereocenters. The first-order chi connectivity index (χ1) is 19.1. The molecule has 0 radical (unpaired) electrons. The number of imidazole rings is 1. The van der Waals surface area contributed by atoms with E-state index in [1.54, 1.807) is 12.0 Å². The predicted octanol–water partition coefficient (Wildman–Crippen LogP) is 5.10. The first-order valence-corrected chi connectivity index (χ1v) is 13.9. The molecule has 8 heteroatoms. The summed E-state index contributed by atoms with van der Waals surface area (Å²) in [6.45, 7) is 4.20. The van der Waals surface area contributed by atoms with Crippen molar-refractivity contribution < 1.29 is 14.3 Å². The van der Waals surface area contributed by atoms with Crippen molar-refractivity contribution in [1.82, 2.24) is 19.4 Å². The lowest BCUT2D eigenvalue weighted by molar-refractivity contribution is 0.0839. The minimum Gasteiger partial charge on any atom is -0.497 e. The van der Waals surface area contributed by atoms with E-state index in [1.165, 1.54) is 5.56 Å². The highest BCUT2D eigenvalue weighted by molar-refractivity contribution is 5.75. The summed E-state index contributed by atoms with van der Waals surface area (Å²) in [5, 5.41) is 0. The van der Waals surface area contributed by atoms with E-state index >= 15 is 0 Å². The van der Waals surface area contributed by atoms with Gasteiger partial charge in [0.05, 0.1) is 24.8 Å². The van der Waals surface area contributed by atoms with Crippen molar-refractivity contribution in [3.05, 3.63) is 94.6 Å². The molecule has 2 aromatic carbocycles. The van der Waals surface area contributed by atoms with E-state index in [9.17, 15) is 9.59 Å². The topological polar surface area (TPSA) is 79.8 Å². The van der Waals surface area contributed by atoms with E-state index in [2.05, 4.69) is 52.4 Å². The van der Waals surface area contributed by atoms with Gasteiger partial charge in [-0.2, -0.15) is 0 Å². The van der Waals surface area contributed by atoms with Gasteiger partial charge in [-0.15, -0.1) is 0 Å². The second-order valence-corrected chi connectivity index (χ2v) is 10.4. The molecule has 0 saturated carbocycles. The smallest absolute Gasteiger partial charge is 0.409 e. The van der Waals surface area contributed by atoms with Gasteiger partial charge in [-0.25, -0.2) is 9.59 Å². The summed E-state index contributed by atoms with van der Waals surface area (Å²) in [7, 11) is 1.70. The maximum absolute atomic E-state index is 12.8. The number of methoxy groups -OCH3 is 1. The molecule has 2 aliphatic rings. The lowest BCUT2D eigenvalue weighted by Crippen LogP contribution is -2.41. The zero-order valence-electron chi connectivity index (χ0n) is 22.6. The number of rotatable bonds is 10. The molecule has 2 heterocycles. The molecule has 1 saturated heterocycles. The Bertz CT molecular complexity index is 1350. The van der Waals surface area contributed by atoms with E-state index in [1.807, 2.05) is 34.9 Å². The number of nitrogens with zero attached hydrogens (tertiary/aromatic N) is 3. The Kier molecular flexibility index (Phi) is 8.83. The number of piperidine rings is 1. The fraction of sp³-hybridized carbons (Fsp3) is 0.419. The fourth-order valence-electron chi connectivity index (χ4n) is 5.62. The molecule has 8 nitrogen and oxygen atoms in total. The summed E-state index contributed by atoms with van der Waals surface area (Å²) < 4.78 is 12.8. The zero-order valence-corrected chi connectivity index (χ0v) is 22.6. The summed E-state index contributed by atoms with van der Waals surface area (Å²) in [6, 6.07) is 18.3. The standard InChI is InChI=1S/C31H38N4O4/c1-38-27-14-12-25(13-15-27)23-33(22-24-8-3-2-4-9-24)18-7-21-39-31(37)34-19-16-26(17-20-34)35-29-11-6-5-10-28(29)32-30(35)36/h2-6,8-12,14-15,25-26H,7,13,16-23H2,1H3,(H,32,36). The van der Waals surface area contributed by atoms with Crippen molar-refractivity contribution >= 4 is 17.1 Å². The normalized spacial score (nSPS) is 17.9. The van der Waals surface area contributed by atoms with E-state index in [0.29, 0.717) is 25.6 Å². The molecule has 1 aliphatic carbocycles. The summed E-state index contributed by atoms with van der Waals surface area (Å²) in [5.74, 6) is 1.35. The minimum atomic E-state index is -0.262. The fourth-order valence-corrected chi connectivity index (χ4v) is 5.62. The molecule has 1 fully saturated rings. The van der Waals surface area contributed by atoms with Crippen molar-refractivity contribution in [2.75, 3.05) is 39.9 Å². The maximum atomic E-state index is 12.8. The van der Waals surface area contributed by atoms with Gasteiger partial charge in [-0.3, -0.25) is 9.47 Å². The third-order valence-electron chi connectivity index (χ3n) is 7.69. The van der Waals surface area contributed by atoms with Crippen molar-refractivity contribution in [3.8, 4) is 0 Å². The van der Waals surface area contributed by atoms with Crippen LogP contribution in [0, 0.1) is 5.92 Å². The first-order valence-electron chi connectivity index (χ1n) is 13.9. The molecule has 1 N–H and O–H groups in total. The number of hydrogen-bond donors (Lipinski definition) is 1. The number of likely N-dealkylation sites (tertiary alicyclic amines) is 1. The Morgan fingerprint density at radius 1 is 1.08 bits per heavy atom. The number of fused-ring (bicyclic) bond motifs is 1. The van der Waals surface area contributed by atoms with Crippen LogP contribution in [-0.4, -0.2) is 65.3 Å². The van der Waals surface area contributed by atoms with Crippen LogP contribution in [-0.2, 0) is 16.0 Å². The van der Waals surface area contributed by atoms with Crippen molar-refractivity contribution in [2.24, 2.45) is 5.92 Å². The van der Waals surface area contributed by atoms with Crippen molar-refractivity contribution in [2.45, 2.75) is 38.3 Å². The highest BCUT2D eigenvalue weighted by Gasteiger charge is 2.27. The van der Waals surface area contributed by atoms with Gasteiger partial charge in [-0.05, 0) is 61.4 Å². The molecule has 0 bridgehead atoms. The van der Waals surface area contributed by atoms with Gasteiger partial charge in [0.2, 0.25) is 0 Å². The molecule has 1 unspecified atom stereocenters. The lowest BCUT2D eigenvalue weighted by Gasteiger charge is -2.32. The van der Waals surface area contributed by atoms with Crippen molar-refractivity contribution in [1.29, 1.82) is 0 Å². The SMILES string of the molecule is COC1=CCC(CN(CCCOC(=O)N2CCC(n3c(=O)[nH]c4ccccc43)CC2)Cc2ccccc2)C=C1. The second kappa shape index (κ2) is 12.8. The number of H-pyrrole nitrogens is 1. The number of ether oxygens (including phenoxy) is 2. The summed E-state index contributed by atoms with van der Waals surface area (Å²) in [4.78, 5) is 32.4. The van der Waals surface area contributed by atoms with Gasteiger partial charge >= 0.3 is 11.8 Å². The second-order valence-electron chi connectivity index (χ2n) is 10.4. The Morgan fingerprint density at radius 2 is 1.85 bits per heavy atom. The van der Waals surface area contributed by atoms with Gasteiger partial charge < -0.3 is 19.4 Å². The van der Waals surface area contributed by atoms with Gasteiger partial charge in [0.15, 0.2) is 0 Å². The van der Waals surface area contributed by atoms with Gasteiger partial charge in [0.25, 0.3) is 0 Å². The van der Waals surface area contributed by atoms with Crippen LogP contribution < -0.4 is 5.69 Å². The summed E-state index contributed by atoms with van der Waals surface area (Å²) >= 11 is 0. The molecule has 5 rings (SSSR count). The number of allylic oxidation sites excluding steroid dienone is 2. The summed E-state index contributed by atoms with van der Waals surface area (Å²) in [6.07, 6.45) is 9.36. The molecule has 0 spiro atoms. The molecule has 1 aliphatic heterocycles. The predicted molar refractivity (Wildman–Crippen MR) is 152 cm³/mol. The van der Waals surface area contributed by atoms with Crippen LogP contribution in [0.3, 0.4) is 0 Å². The Morgan fingerprint density at radius 3 is 2.59 bits per heavy atom. The number of nitrogens with one attached hydrogen (secondary N) is 1. The van der Waals surface area contributed by atoms with Crippen LogP contribution in [0.25, 0.3) is 11.0 Å². The van der Waals surface area contributed by atoms with Crippen LogP contribution in [0.15, 0.2) is 83.4 Å². The number of benzene rings is 2. The highest BCUT2D eigenvalue weighted by Crippen LogP contribution is 2.25. The third-order valence-corrected chi connectivity index (χ3v) is 7.69. The molecule has 3 aromatic rings. The molecule has 1 aromatic heterocycles. The van der Waals surface area contributed by atoms with E-state index in [-0.39, 0.29) is 17.8 Å². The van der Waals surface area contributed by atoms with E-state index < -0.39 is 0 Å². The van der Waals surface area contributed by atoms with E-state index in [4.69, 9.17) is 9.47 Å². The maximum Gasteiger partial charge on any atom is 0.409 e. The van der Waals surface area contributed by atoms with Crippen molar-refractivity contribution in [3.63, 3.8) is 0 Å². The van der Waals surface area contributed by atoms with Gasteiger partial charge in [0.1, 0.15) is 5.76 Å². The summed E-state index contributed by atoms with van der Waals surface area (Å²) in [5.41, 5.74) is 2.96. The Hall–Kier alpha value is -3.78. The first kappa shape index (κ1) is 26.8. The zero-order chi connectivity index (χ0) is 27.0. The number of para-hydroxylation sites is 2. The number of aromatic amines is 1.